The van der Waals surface area contributed by atoms with Crippen LogP contribution < -0.4 is 10.2 Å². The molecule has 4 aromatic carbocycles. The number of benzene rings is 4. The standard InChI is InChI=1S/C35H37ClN4O4/c1-35(2,3)27-12-8-24(9-13-27)22-39-16-18-40(19-17-39)33(42)23-44-32-15-11-26(28-6-4-5-7-29(28)32)21-37-38-34(43)25-10-14-31(41)30(36)20-25/h4-15,20-21,41H,16-19,22-23H2,1-3H3,(H,38,43)/b37-21+. The first-order valence-electron chi connectivity index (χ1n) is 14.6. The van der Waals surface area contributed by atoms with Crippen molar-refractivity contribution in [3.8, 4) is 11.5 Å². The normalized spacial score (nSPS) is 14.2. The lowest BCUT2D eigenvalue weighted by atomic mass is 9.87. The quantitative estimate of drug-likeness (QED) is 0.188. The Bertz CT molecular complexity index is 1670. The second-order valence-electron chi connectivity index (χ2n) is 12.0. The van der Waals surface area contributed by atoms with Crippen molar-refractivity contribution in [2.24, 2.45) is 5.10 Å². The summed E-state index contributed by atoms with van der Waals surface area (Å²) in [5.41, 5.74) is 6.27. The topological polar surface area (TPSA) is 94.5 Å². The number of carbonyl (C=O) groups excluding carboxylic acids is 2. The van der Waals surface area contributed by atoms with Crippen molar-refractivity contribution in [3.63, 3.8) is 0 Å². The summed E-state index contributed by atoms with van der Waals surface area (Å²) in [6, 6.07) is 24.3. The van der Waals surface area contributed by atoms with E-state index in [0.29, 0.717) is 18.8 Å². The monoisotopic (exact) mass is 612 g/mol. The Hall–Kier alpha value is -4.40. The summed E-state index contributed by atoms with van der Waals surface area (Å²) in [6.07, 6.45) is 1.55. The van der Waals surface area contributed by atoms with Crippen molar-refractivity contribution in [1.82, 2.24) is 15.2 Å². The molecule has 9 heteroatoms. The summed E-state index contributed by atoms with van der Waals surface area (Å²) in [5.74, 6) is 0.0111. The fourth-order valence-electron chi connectivity index (χ4n) is 5.16. The third kappa shape index (κ3) is 7.56. The Morgan fingerprint density at radius 2 is 1.66 bits per heavy atom. The molecule has 0 atom stereocenters. The lowest BCUT2D eigenvalue weighted by Crippen LogP contribution is -2.49. The highest BCUT2D eigenvalue weighted by atomic mass is 35.5. The van der Waals surface area contributed by atoms with Crippen LogP contribution in [0.2, 0.25) is 5.02 Å². The zero-order chi connectivity index (χ0) is 31.3. The Kier molecular flexibility index (Phi) is 9.52. The van der Waals surface area contributed by atoms with E-state index in [-0.39, 0.29) is 34.3 Å². The fraction of sp³-hybridized carbons (Fsp3) is 0.286. The minimum atomic E-state index is -0.457. The van der Waals surface area contributed by atoms with Gasteiger partial charge in [0.05, 0.1) is 11.2 Å². The van der Waals surface area contributed by atoms with Gasteiger partial charge in [-0.25, -0.2) is 5.43 Å². The van der Waals surface area contributed by atoms with Crippen LogP contribution in [0.4, 0.5) is 0 Å². The second-order valence-corrected chi connectivity index (χ2v) is 12.4. The molecule has 0 aliphatic carbocycles. The van der Waals surface area contributed by atoms with Gasteiger partial charge in [-0.3, -0.25) is 14.5 Å². The molecule has 8 nitrogen and oxygen atoms in total. The predicted molar refractivity (Wildman–Crippen MR) is 175 cm³/mol. The third-order valence-corrected chi connectivity index (χ3v) is 8.10. The van der Waals surface area contributed by atoms with E-state index in [4.69, 9.17) is 16.3 Å². The average molecular weight is 613 g/mol. The summed E-state index contributed by atoms with van der Waals surface area (Å²) >= 11 is 5.90. The van der Waals surface area contributed by atoms with Crippen LogP contribution in [-0.2, 0) is 16.8 Å². The number of ether oxygens (including phenoxy) is 1. The Balaban J connectivity index is 1.15. The number of rotatable bonds is 8. The highest BCUT2D eigenvalue weighted by molar-refractivity contribution is 6.32. The number of halogens is 1. The highest BCUT2D eigenvalue weighted by Gasteiger charge is 2.22. The molecule has 2 amide bonds. The van der Waals surface area contributed by atoms with Gasteiger partial charge in [-0.05, 0) is 52.3 Å². The van der Waals surface area contributed by atoms with Gasteiger partial charge >= 0.3 is 0 Å². The fourth-order valence-corrected chi connectivity index (χ4v) is 5.34. The molecular formula is C35H37ClN4O4. The lowest BCUT2D eigenvalue weighted by molar-refractivity contribution is -0.135. The molecule has 0 radical (unpaired) electrons. The molecule has 0 aromatic heterocycles. The van der Waals surface area contributed by atoms with E-state index in [2.05, 4.69) is 60.5 Å². The summed E-state index contributed by atoms with van der Waals surface area (Å²) in [7, 11) is 0. The molecule has 0 bridgehead atoms. The minimum Gasteiger partial charge on any atom is -0.506 e. The smallest absolute Gasteiger partial charge is 0.271 e. The summed E-state index contributed by atoms with van der Waals surface area (Å²) in [4.78, 5) is 29.7. The zero-order valence-corrected chi connectivity index (χ0v) is 26.0. The van der Waals surface area contributed by atoms with Gasteiger partial charge in [-0.2, -0.15) is 5.10 Å². The maximum atomic E-state index is 13.0. The number of hydrazone groups is 1. The van der Waals surface area contributed by atoms with Crippen LogP contribution in [0.15, 0.2) is 84.0 Å². The Labute approximate surface area is 262 Å². The van der Waals surface area contributed by atoms with Gasteiger partial charge in [0.1, 0.15) is 11.5 Å². The molecule has 1 aliphatic heterocycles. The number of amides is 2. The van der Waals surface area contributed by atoms with Gasteiger partial charge in [-0.15, -0.1) is 0 Å². The number of phenolic OH excluding ortho intramolecular Hbond substituents is 1. The van der Waals surface area contributed by atoms with Gasteiger partial charge in [0, 0.05) is 49.2 Å². The van der Waals surface area contributed by atoms with Crippen LogP contribution in [0.25, 0.3) is 10.8 Å². The molecule has 1 saturated heterocycles. The first kappa shape index (κ1) is 31.0. The Morgan fingerprint density at radius 1 is 0.955 bits per heavy atom. The van der Waals surface area contributed by atoms with Gasteiger partial charge in [0.15, 0.2) is 6.61 Å². The summed E-state index contributed by atoms with van der Waals surface area (Å²) in [6.45, 7) is 10.5. The number of hydrogen-bond acceptors (Lipinski definition) is 6. The van der Waals surface area contributed by atoms with Crippen LogP contribution in [0.3, 0.4) is 0 Å². The number of hydrogen-bond donors (Lipinski definition) is 2. The van der Waals surface area contributed by atoms with Crippen LogP contribution >= 0.6 is 11.6 Å². The lowest BCUT2D eigenvalue weighted by Gasteiger charge is -2.34. The SMILES string of the molecule is CC(C)(C)c1ccc(CN2CCN(C(=O)COc3ccc(/C=N/NC(=O)c4ccc(O)c(Cl)c4)c4ccccc34)CC2)cc1. The van der Waals surface area contributed by atoms with Crippen molar-refractivity contribution >= 4 is 40.4 Å². The summed E-state index contributed by atoms with van der Waals surface area (Å²) < 4.78 is 6.02. The van der Waals surface area contributed by atoms with Gasteiger partial charge in [0.2, 0.25) is 0 Å². The molecular weight excluding hydrogens is 576 g/mol. The highest BCUT2D eigenvalue weighted by Crippen LogP contribution is 2.28. The predicted octanol–water partition coefficient (Wildman–Crippen LogP) is 5.98. The Morgan fingerprint density at radius 3 is 2.34 bits per heavy atom. The van der Waals surface area contributed by atoms with Gasteiger partial charge in [0.25, 0.3) is 11.8 Å². The van der Waals surface area contributed by atoms with E-state index in [1.807, 2.05) is 35.2 Å². The number of piperazine rings is 1. The van der Waals surface area contributed by atoms with Crippen LogP contribution in [0.5, 0.6) is 11.5 Å². The second kappa shape index (κ2) is 13.5. The van der Waals surface area contributed by atoms with Crippen LogP contribution in [-0.4, -0.2) is 65.7 Å². The maximum Gasteiger partial charge on any atom is 0.271 e. The molecule has 0 saturated carbocycles. The van der Waals surface area contributed by atoms with Crippen molar-refractivity contribution in [3.05, 3.63) is 106 Å². The van der Waals surface area contributed by atoms with Crippen LogP contribution in [0, 0.1) is 0 Å². The number of aromatic hydroxyl groups is 1. The summed E-state index contributed by atoms with van der Waals surface area (Å²) in [5, 5.41) is 15.4. The number of carbonyl (C=O) groups is 2. The molecule has 5 rings (SSSR count). The zero-order valence-electron chi connectivity index (χ0n) is 25.2. The molecule has 2 N–H and O–H groups in total. The van der Waals surface area contributed by atoms with Gasteiger partial charge < -0.3 is 14.7 Å². The molecule has 228 valence electrons. The molecule has 0 spiro atoms. The van der Waals surface area contributed by atoms with Crippen molar-refractivity contribution in [2.45, 2.75) is 32.7 Å². The van der Waals surface area contributed by atoms with Crippen molar-refractivity contribution in [1.29, 1.82) is 0 Å². The van der Waals surface area contributed by atoms with E-state index >= 15 is 0 Å². The van der Waals surface area contributed by atoms with E-state index in [1.165, 1.54) is 29.3 Å². The number of fused-ring (bicyclic) bond motifs is 1. The molecule has 44 heavy (non-hydrogen) atoms. The first-order valence-corrected chi connectivity index (χ1v) is 15.0. The number of nitrogens with one attached hydrogen (secondary N) is 1. The first-order chi connectivity index (χ1) is 21.1. The molecule has 0 unspecified atom stereocenters. The van der Waals surface area contributed by atoms with E-state index in [1.54, 1.807) is 12.3 Å². The van der Waals surface area contributed by atoms with E-state index < -0.39 is 5.91 Å². The minimum absolute atomic E-state index is 0.0362. The molecule has 4 aromatic rings. The number of nitrogens with zero attached hydrogens (tertiary/aromatic N) is 3. The number of phenols is 1. The molecule has 1 heterocycles. The average Bonchev–Trinajstić information content (AvgIpc) is 3.02. The van der Waals surface area contributed by atoms with E-state index in [9.17, 15) is 14.7 Å². The van der Waals surface area contributed by atoms with Crippen molar-refractivity contribution in [2.75, 3.05) is 32.8 Å². The van der Waals surface area contributed by atoms with Crippen molar-refractivity contribution < 1.29 is 19.4 Å². The van der Waals surface area contributed by atoms with Crippen LogP contribution in [0.1, 0.15) is 47.8 Å². The van der Waals surface area contributed by atoms with Gasteiger partial charge in [-0.1, -0.05) is 80.9 Å². The van der Waals surface area contributed by atoms with E-state index in [0.717, 1.165) is 36.0 Å². The largest absolute Gasteiger partial charge is 0.506 e. The molecule has 1 aliphatic rings. The third-order valence-electron chi connectivity index (χ3n) is 7.80. The maximum absolute atomic E-state index is 13.0. The molecule has 1 fully saturated rings.